The minimum Gasteiger partial charge on any atom is -0.447 e. The number of nitrogens with zero attached hydrogens (tertiary/aromatic N) is 1. The number of rotatable bonds is 5. The van der Waals surface area contributed by atoms with Crippen LogP contribution in [0.4, 0.5) is 4.79 Å². The average Bonchev–Trinajstić information content (AvgIpc) is 2.99. The quantitative estimate of drug-likeness (QED) is 0.770. The van der Waals surface area contributed by atoms with E-state index in [-0.39, 0.29) is 29.8 Å². The Balaban J connectivity index is 1.74. The molecular formula is C11H11NO4S2. The van der Waals surface area contributed by atoms with Crippen molar-refractivity contribution >= 4 is 40.9 Å². The van der Waals surface area contributed by atoms with E-state index in [0.29, 0.717) is 12.1 Å². The molecule has 96 valence electrons. The van der Waals surface area contributed by atoms with Gasteiger partial charge in [0.15, 0.2) is 5.78 Å². The molecule has 2 amide bonds. The SMILES string of the molecule is O=C(CSCC(=O)N1CCOC1=O)c1ccsc1. The maximum Gasteiger partial charge on any atom is 0.416 e. The number of ether oxygens (including phenoxy) is 1. The zero-order chi connectivity index (χ0) is 13.0. The zero-order valence-electron chi connectivity index (χ0n) is 9.46. The van der Waals surface area contributed by atoms with Gasteiger partial charge >= 0.3 is 6.09 Å². The van der Waals surface area contributed by atoms with Crippen LogP contribution in [0.2, 0.25) is 0 Å². The van der Waals surface area contributed by atoms with Gasteiger partial charge in [0.1, 0.15) is 6.61 Å². The van der Waals surface area contributed by atoms with Gasteiger partial charge in [-0.25, -0.2) is 9.69 Å². The Morgan fingerprint density at radius 2 is 2.28 bits per heavy atom. The summed E-state index contributed by atoms with van der Waals surface area (Å²) in [5, 5.41) is 3.62. The number of imide groups is 1. The lowest BCUT2D eigenvalue weighted by Crippen LogP contribution is -2.33. The number of thiophene rings is 1. The van der Waals surface area contributed by atoms with E-state index in [1.54, 1.807) is 11.4 Å². The number of ketones is 1. The highest BCUT2D eigenvalue weighted by Crippen LogP contribution is 2.12. The molecule has 1 fully saturated rings. The molecule has 5 nitrogen and oxygen atoms in total. The first-order valence-corrected chi connectivity index (χ1v) is 7.38. The number of thioether (sulfide) groups is 1. The molecule has 0 atom stereocenters. The Morgan fingerprint density at radius 1 is 1.44 bits per heavy atom. The Morgan fingerprint density at radius 3 is 2.89 bits per heavy atom. The second-order valence-corrected chi connectivity index (χ2v) is 5.35. The molecule has 0 aliphatic carbocycles. The summed E-state index contributed by atoms with van der Waals surface area (Å²) in [6.45, 7) is 0.555. The second kappa shape index (κ2) is 6.01. The third-order valence-electron chi connectivity index (χ3n) is 2.36. The van der Waals surface area contributed by atoms with Crippen molar-refractivity contribution in [2.45, 2.75) is 0 Å². The van der Waals surface area contributed by atoms with Gasteiger partial charge in [-0.05, 0) is 11.4 Å². The molecule has 1 aliphatic heterocycles. The lowest BCUT2D eigenvalue weighted by atomic mass is 10.2. The van der Waals surface area contributed by atoms with Crippen LogP contribution in [0.25, 0.3) is 0 Å². The molecule has 0 unspecified atom stereocenters. The third kappa shape index (κ3) is 3.11. The van der Waals surface area contributed by atoms with Crippen LogP contribution in [0.3, 0.4) is 0 Å². The van der Waals surface area contributed by atoms with Crippen molar-refractivity contribution in [1.29, 1.82) is 0 Å². The molecule has 0 spiro atoms. The summed E-state index contributed by atoms with van der Waals surface area (Å²) in [5.41, 5.74) is 0.667. The standard InChI is InChI=1S/C11H11NO4S2/c13-9(8-1-4-17-5-8)6-18-7-10(14)12-2-3-16-11(12)15/h1,4-5H,2-3,6-7H2. The monoisotopic (exact) mass is 285 g/mol. The number of hydrogen-bond acceptors (Lipinski definition) is 6. The first kappa shape index (κ1) is 13.1. The van der Waals surface area contributed by atoms with Gasteiger partial charge in [-0.2, -0.15) is 11.3 Å². The highest BCUT2D eigenvalue weighted by molar-refractivity contribution is 8.00. The minimum atomic E-state index is -0.593. The van der Waals surface area contributed by atoms with Gasteiger partial charge in [-0.3, -0.25) is 9.59 Å². The topological polar surface area (TPSA) is 63.7 Å². The highest BCUT2D eigenvalue weighted by atomic mass is 32.2. The maximum absolute atomic E-state index is 11.6. The van der Waals surface area contributed by atoms with E-state index < -0.39 is 6.09 Å². The van der Waals surface area contributed by atoms with E-state index in [2.05, 4.69) is 4.74 Å². The molecule has 2 rings (SSSR count). The van der Waals surface area contributed by atoms with Crippen molar-refractivity contribution in [3.63, 3.8) is 0 Å². The van der Waals surface area contributed by atoms with Crippen molar-refractivity contribution in [2.24, 2.45) is 0 Å². The predicted octanol–water partition coefficient (Wildman–Crippen LogP) is 1.64. The van der Waals surface area contributed by atoms with Crippen LogP contribution < -0.4 is 0 Å². The first-order valence-electron chi connectivity index (χ1n) is 5.29. The first-order chi connectivity index (χ1) is 8.68. The number of cyclic esters (lactones) is 1. The number of carbonyl (C=O) groups excluding carboxylic acids is 3. The van der Waals surface area contributed by atoms with Gasteiger partial charge < -0.3 is 4.74 Å². The van der Waals surface area contributed by atoms with Gasteiger partial charge in [0.25, 0.3) is 0 Å². The number of amides is 2. The van der Waals surface area contributed by atoms with Crippen molar-refractivity contribution in [1.82, 2.24) is 4.90 Å². The van der Waals surface area contributed by atoms with Gasteiger partial charge in [-0.1, -0.05) is 0 Å². The molecule has 7 heteroatoms. The zero-order valence-corrected chi connectivity index (χ0v) is 11.1. The second-order valence-electron chi connectivity index (χ2n) is 3.59. The normalized spacial score (nSPS) is 14.7. The van der Waals surface area contributed by atoms with Crippen LogP contribution in [0.5, 0.6) is 0 Å². The summed E-state index contributed by atoms with van der Waals surface area (Å²) in [7, 11) is 0. The van der Waals surface area contributed by atoms with Gasteiger partial charge in [0.05, 0.1) is 18.1 Å². The Hall–Kier alpha value is -1.34. The van der Waals surface area contributed by atoms with Crippen LogP contribution in [0.15, 0.2) is 16.8 Å². The van der Waals surface area contributed by atoms with E-state index >= 15 is 0 Å². The van der Waals surface area contributed by atoms with Crippen molar-refractivity contribution < 1.29 is 19.1 Å². The smallest absolute Gasteiger partial charge is 0.416 e. The van der Waals surface area contributed by atoms with E-state index in [4.69, 9.17) is 0 Å². The molecule has 1 saturated heterocycles. The maximum atomic E-state index is 11.6. The molecule has 0 bridgehead atoms. The number of Topliss-reactive ketones (excluding diaryl/α,β-unsaturated/α-hetero) is 1. The van der Waals surface area contributed by atoms with E-state index in [1.165, 1.54) is 23.1 Å². The summed E-state index contributed by atoms with van der Waals surface area (Å²) >= 11 is 2.67. The molecular weight excluding hydrogens is 274 g/mol. The summed E-state index contributed by atoms with van der Waals surface area (Å²) in [6, 6.07) is 1.76. The van der Waals surface area contributed by atoms with Crippen molar-refractivity contribution in [3.05, 3.63) is 22.4 Å². The van der Waals surface area contributed by atoms with Gasteiger partial charge in [-0.15, -0.1) is 11.8 Å². The Kier molecular flexibility index (Phi) is 4.38. The minimum absolute atomic E-state index is 0.00181. The molecule has 18 heavy (non-hydrogen) atoms. The molecule has 0 radical (unpaired) electrons. The Labute approximate surface area is 112 Å². The van der Waals surface area contributed by atoms with Crippen LogP contribution in [0, 0.1) is 0 Å². The van der Waals surface area contributed by atoms with E-state index in [9.17, 15) is 14.4 Å². The van der Waals surface area contributed by atoms with Crippen LogP contribution in [0.1, 0.15) is 10.4 Å². The van der Waals surface area contributed by atoms with Crippen LogP contribution in [-0.2, 0) is 9.53 Å². The number of carbonyl (C=O) groups is 3. The predicted molar refractivity (Wildman–Crippen MR) is 69.0 cm³/mol. The lowest BCUT2D eigenvalue weighted by Gasteiger charge is -2.09. The summed E-state index contributed by atoms with van der Waals surface area (Å²) in [4.78, 5) is 35.4. The van der Waals surface area contributed by atoms with E-state index in [1.807, 2.05) is 5.38 Å². The molecule has 0 N–H and O–H groups in total. The largest absolute Gasteiger partial charge is 0.447 e. The van der Waals surface area contributed by atoms with Crippen molar-refractivity contribution in [3.8, 4) is 0 Å². The fraction of sp³-hybridized carbons (Fsp3) is 0.364. The van der Waals surface area contributed by atoms with Gasteiger partial charge in [0, 0.05) is 10.9 Å². The molecule has 1 aliphatic rings. The number of hydrogen-bond donors (Lipinski definition) is 0. The Bertz CT molecular complexity index is 458. The molecule has 2 heterocycles. The molecule has 0 aromatic carbocycles. The third-order valence-corrected chi connectivity index (χ3v) is 3.96. The van der Waals surface area contributed by atoms with Gasteiger partial charge in [0.2, 0.25) is 5.91 Å². The van der Waals surface area contributed by atoms with Crippen LogP contribution in [-0.4, -0.2) is 47.3 Å². The summed E-state index contributed by atoms with van der Waals surface area (Å²) in [5.74, 6) is 0.0507. The summed E-state index contributed by atoms with van der Waals surface area (Å²) < 4.78 is 4.66. The fourth-order valence-electron chi connectivity index (χ4n) is 1.44. The molecule has 1 aromatic rings. The van der Waals surface area contributed by atoms with Crippen LogP contribution >= 0.6 is 23.1 Å². The van der Waals surface area contributed by atoms with Crippen molar-refractivity contribution in [2.75, 3.05) is 24.7 Å². The lowest BCUT2D eigenvalue weighted by molar-refractivity contribution is -0.124. The highest BCUT2D eigenvalue weighted by Gasteiger charge is 2.27. The summed E-state index contributed by atoms with van der Waals surface area (Å²) in [6.07, 6.45) is -0.593. The molecule has 1 aromatic heterocycles. The fourth-order valence-corrected chi connectivity index (χ4v) is 2.88. The van der Waals surface area contributed by atoms with E-state index in [0.717, 1.165) is 4.90 Å². The molecule has 0 saturated carbocycles. The average molecular weight is 285 g/mol.